The van der Waals surface area contributed by atoms with E-state index in [1.54, 1.807) is 6.92 Å². The first-order chi connectivity index (χ1) is 7.63. The van der Waals surface area contributed by atoms with Gasteiger partial charge in [0.15, 0.2) is 0 Å². The van der Waals surface area contributed by atoms with Crippen LogP contribution in [0, 0.1) is 6.92 Å². The van der Waals surface area contributed by atoms with Gasteiger partial charge in [0.05, 0.1) is 6.54 Å². The van der Waals surface area contributed by atoms with Crippen LogP contribution in [0.4, 0.5) is 0 Å². The Hall–Kier alpha value is -0.540. The van der Waals surface area contributed by atoms with Crippen LogP contribution in [0.1, 0.15) is 27.8 Å². The molecule has 0 radical (unpaired) electrons. The van der Waals surface area contributed by atoms with Gasteiger partial charge in [-0.05, 0) is 30.9 Å². The molecule has 88 valence electrons. The zero-order chi connectivity index (χ0) is 11.7. The maximum Gasteiger partial charge on any atom is 0.219 e. The Labute approximate surface area is 105 Å². The highest BCUT2D eigenvalue weighted by molar-refractivity contribution is 7.12. The monoisotopic (exact) mass is 257 g/mol. The van der Waals surface area contributed by atoms with Crippen molar-refractivity contribution in [1.82, 2.24) is 4.90 Å². The van der Waals surface area contributed by atoms with Crippen LogP contribution < -0.4 is 0 Å². The molecule has 2 heterocycles. The summed E-state index contributed by atoms with van der Waals surface area (Å²) >= 11 is 7.62. The minimum absolute atomic E-state index is 0.176. The predicted octanol–water partition coefficient (Wildman–Crippen LogP) is 2.74. The first-order valence-electron chi connectivity index (χ1n) is 5.55. The number of nitrogens with zero attached hydrogens (tertiary/aromatic N) is 1. The zero-order valence-electron chi connectivity index (χ0n) is 9.68. The molecule has 0 aromatic carbocycles. The lowest BCUT2D eigenvalue weighted by Gasteiger charge is -2.25. The topological polar surface area (TPSA) is 20.3 Å². The lowest BCUT2D eigenvalue weighted by molar-refractivity contribution is -0.129. The molecule has 16 heavy (non-hydrogen) atoms. The van der Waals surface area contributed by atoms with E-state index in [-0.39, 0.29) is 5.91 Å². The second-order valence-corrected chi connectivity index (χ2v) is 5.75. The first-order valence-corrected chi connectivity index (χ1v) is 6.90. The van der Waals surface area contributed by atoms with Crippen molar-refractivity contribution >= 4 is 28.8 Å². The van der Waals surface area contributed by atoms with Gasteiger partial charge in [-0.2, -0.15) is 0 Å². The number of alkyl halides is 1. The van der Waals surface area contributed by atoms with E-state index in [1.807, 2.05) is 16.2 Å². The van der Waals surface area contributed by atoms with Gasteiger partial charge < -0.3 is 4.90 Å². The molecule has 1 amide bonds. The van der Waals surface area contributed by atoms with Crippen molar-refractivity contribution in [2.24, 2.45) is 0 Å². The highest BCUT2D eigenvalue weighted by Crippen LogP contribution is 2.33. The maximum atomic E-state index is 11.3. The molecule has 0 bridgehead atoms. The molecular weight excluding hydrogens is 242 g/mol. The summed E-state index contributed by atoms with van der Waals surface area (Å²) in [6.45, 7) is 5.48. The van der Waals surface area contributed by atoms with Gasteiger partial charge >= 0.3 is 0 Å². The Morgan fingerprint density at radius 3 is 2.94 bits per heavy atom. The van der Waals surface area contributed by atoms with Crippen molar-refractivity contribution in [2.45, 2.75) is 33.2 Å². The molecule has 0 atom stereocenters. The summed E-state index contributed by atoms with van der Waals surface area (Å²) in [5.41, 5.74) is 2.87. The molecule has 1 aromatic rings. The van der Waals surface area contributed by atoms with Gasteiger partial charge in [0.25, 0.3) is 0 Å². The number of carbonyl (C=O) groups is 1. The summed E-state index contributed by atoms with van der Waals surface area (Å²) in [5.74, 6) is 0.854. The molecule has 0 N–H and O–H groups in total. The lowest BCUT2D eigenvalue weighted by atomic mass is 10.0. The van der Waals surface area contributed by atoms with E-state index >= 15 is 0 Å². The quantitative estimate of drug-likeness (QED) is 0.746. The summed E-state index contributed by atoms with van der Waals surface area (Å²) < 4.78 is 0. The van der Waals surface area contributed by atoms with E-state index < -0.39 is 0 Å². The van der Waals surface area contributed by atoms with E-state index in [4.69, 9.17) is 11.6 Å². The molecule has 0 saturated carbocycles. The number of halogens is 1. The molecule has 1 aromatic heterocycles. The van der Waals surface area contributed by atoms with Crippen molar-refractivity contribution in [2.75, 3.05) is 12.4 Å². The van der Waals surface area contributed by atoms with Crippen LogP contribution in [-0.4, -0.2) is 23.2 Å². The van der Waals surface area contributed by atoms with Crippen LogP contribution in [0.25, 0.3) is 0 Å². The van der Waals surface area contributed by atoms with Gasteiger partial charge in [0.2, 0.25) is 5.91 Å². The number of thiophene rings is 1. The van der Waals surface area contributed by atoms with Crippen molar-refractivity contribution < 1.29 is 4.79 Å². The van der Waals surface area contributed by atoms with E-state index in [9.17, 15) is 4.79 Å². The van der Waals surface area contributed by atoms with Gasteiger partial charge in [-0.1, -0.05) is 0 Å². The van der Waals surface area contributed by atoms with Crippen LogP contribution in [0.3, 0.4) is 0 Å². The maximum absolute atomic E-state index is 11.3. The number of rotatable bonds is 2. The predicted molar refractivity (Wildman–Crippen MR) is 68.3 cm³/mol. The minimum atomic E-state index is 0.176. The average molecular weight is 258 g/mol. The third-order valence-corrected chi connectivity index (χ3v) is 4.75. The lowest BCUT2D eigenvalue weighted by Crippen LogP contribution is -2.33. The third-order valence-electron chi connectivity index (χ3n) is 3.19. The van der Waals surface area contributed by atoms with Gasteiger partial charge in [0.1, 0.15) is 0 Å². The Morgan fingerprint density at radius 1 is 1.56 bits per heavy atom. The zero-order valence-corrected chi connectivity index (χ0v) is 11.2. The van der Waals surface area contributed by atoms with Crippen LogP contribution in [0.2, 0.25) is 0 Å². The molecule has 1 aliphatic rings. The number of carbonyl (C=O) groups excluding carboxylic acids is 1. The fourth-order valence-electron chi connectivity index (χ4n) is 2.21. The SMILES string of the molecule is CC(=O)N1CCc2c(sc(CCCl)c2C)C1. The van der Waals surface area contributed by atoms with E-state index in [2.05, 4.69) is 6.92 Å². The van der Waals surface area contributed by atoms with E-state index in [0.29, 0.717) is 5.88 Å². The molecule has 2 rings (SSSR count). The molecule has 0 saturated heterocycles. The molecule has 4 heteroatoms. The normalized spacial score (nSPS) is 15.1. The van der Waals surface area contributed by atoms with E-state index in [0.717, 1.165) is 25.9 Å². The van der Waals surface area contributed by atoms with Crippen molar-refractivity contribution in [3.8, 4) is 0 Å². The Balaban J connectivity index is 2.26. The number of amides is 1. The van der Waals surface area contributed by atoms with E-state index in [1.165, 1.54) is 20.9 Å². The molecule has 0 aliphatic carbocycles. The van der Waals surface area contributed by atoms with Crippen molar-refractivity contribution in [1.29, 1.82) is 0 Å². The smallest absolute Gasteiger partial charge is 0.219 e. The number of hydrogen-bond donors (Lipinski definition) is 0. The fraction of sp³-hybridized carbons (Fsp3) is 0.583. The van der Waals surface area contributed by atoms with Gasteiger partial charge in [-0.15, -0.1) is 22.9 Å². The van der Waals surface area contributed by atoms with Crippen molar-refractivity contribution in [3.05, 3.63) is 20.9 Å². The second-order valence-electron chi connectivity index (χ2n) is 4.18. The average Bonchev–Trinajstić information content (AvgIpc) is 2.56. The summed E-state index contributed by atoms with van der Waals surface area (Å²) in [6, 6.07) is 0. The summed E-state index contributed by atoms with van der Waals surface area (Å²) in [5, 5.41) is 0. The number of fused-ring (bicyclic) bond motifs is 1. The summed E-state index contributed by atoms with van der Waals surface area (Å²) in [7, 11) is 0. The third kappa shape index (κ3) is 2.11. The van der Waals surface area contributed by atoms with Gasteiger partial charge in [-0.25, -0.2) is 0 Å². The largest absolute Gasteiger partial charge is 0.337 e. The fourth-order valence-corrected chi connectivity index (χ4v) is 3.89. The number of aryl methyl sites for hydroxylation is 1. The molecule has 0 fully saturated rings. The Kier molecular flexibility index (Phi) is 3.55. The standard InChI is InChI=1S/C12H16ClNOS/c1-8-10-4-6-14(9(2)15)7-12(10)16-11(8)3-5-13/h3-7H2,1-2H3. The van der Waals surface area contributed by atoms with Gasteiger partial charge in [0, 0.05) is 29.1 Å². The number of hydrogen-bond acceptors (Lipinski definition) is 2. The highest BCUT2D eigenvalue weighted by Gasteiger charge is 2.23. The summed E-state index contributed by atoms with van der Waals surface area (Å²) in [6.07, 6.45) is 1.95. The van der Waals surface area contributed by atoms with Crippen LogP contribution >= 0.6 is 22.9 Å². The van der Waals surface area contributed by atoms with Crippen LogP contribution in [0.5, 0.6) is 0 Å². The van der Waals surface area contributed by atoms with Crippen LogP contribution in [-0.2, 0) is 24.2 Å². The van der Waals surface area contributed by atoms with Crippen molar-refractivity contribution in [3.63, 3.8) is 0 Å². The molecule has 2 nitrogen and oxygen atoms in total. The molecular formula is C12H16ClNOS. The van der Waals surface area contributed by atoms with Crippen LogP contribution in [0.15, 0.2) is 0 Å². The first kappa shape index (κ1) is 11.9. The second kappa shape index (κ2) is 4.76. The van der Waals surface area contributed by atoms with Gasteiger partial charge in [-0.3, -0.25) is 4.79 Å². The Bertz CT molecular complexity index is 413. The Morgan fingerprint density at radius 2 is 2.31 bits per heavy atom. The molecule has 0 spiro atoms. The highest BCUT2D eigenvalue weighted by atomic mass is 35.5. The molecule has 0 unspecified atom stereocenters. The summed E-state index contributed by atoms with van der Waals surface area (Å²) in [4.78, 5) is 16.0. The molecule has 1 aliphatic heterocycles. The minimum Gasteiger partial charge on any atom is -0.337 e.